The van der Waals surface area contributed by atoms with Crippen molar-refractivity contribution in [2.75, 3.05) is 6.26 Å². The normalized spacial score (nSPS) is 16.5. The van der Waals surface area contributed by atoms with Gasteiger partial charge in [0, 0.05) is 4.90 Å². The Hall–Kier alpha value is -0.430. The molecule has 0 atom stereocenters. The summed E-state index contributed by atoms with van der Waals surface area (Å²) in [5, 5.41) is 0. The van der Waals surface area contributed by atoms with Crippen molar-refractivity contribution in [1.29, 1.82) is 0 Å². The Bertz CT molecular complexity index is 287. The maximum atomic E-state index is 4.08. The zero-order valence-electron chi connectivity index (χ0n) is 7.34. The lowest BCUT2D eigenvalue weighted by Gasteiger charge is -2.08. The maximum absolute atomic E-state index is 4.08. The van der Waals surface area contributed by atoms with Crippen molar-refractivity contribution in [3.8, 4) is 0 Å². The maximum Gasteiger partial charge on any atom is 0.0107 e. The van der Waals surface area contributed by atoms with Crippen molar-refractivity contribution in [1.82, 2.24) is 0 Å². The fourth-order valence-electron chi connectivity index (χ4n) is 1.60. The van der Waals surface area contributed by atoms with Crippen molar-refractivity contribution >= 4 is 11.8 Å². The van der Waals surface area contributed by atoms with E-state index in [-0.39, 0.29) is 0 Å². The highest BCUT2D eigenvalue weighted by molar-refractivity contribution is 7.98. The molecule has 1 heteroatoms. The van der Waals surface area contributed by atoms with Crippen LogP contribution in [0.2, 0.25) is 0 Å². The SMILES string of the molecule is [CH2]c1cccc(SC)c1C1CC1. The van der Waals surface area contributed by atoms with Crippen LogP contribution in [0.5, 0.6) is 0 Å². The monoisotopic (exact) mass is 177 g/mol. The van der Waals surface area contributed by atoms with E-state index in [4.69, 9.17) is 0 Å². The topological polar surface area (TPSA) is 0 Å². The first-order chi connectivity index (χ1) is 5.83. The van der Waals surface area contributed by atoms with E-state index in [1.54, 1.807) is 0 Å². The summed E-state index contributed by atoms with van der Waals surface area (Å²) in [6, 6.07) is 6.42. The second-order valence-corrected chi connectivity index (χ2v) is 4.16. The molecule has 0 aromatic heterocycles. The van der Waals surface area contributed by atoms with Crippen LogP contribution in [0, 0.1) is 6.92 Å². The summed E-state index contributed by atoms with van der Waals surface area (Å²) < 4.78 is 0. The predicted octanol–water partition coefficient (Wildman–Crippen LogP) is 3.47. The molecule has 1 aliphatic carbocycles. The molecule has 1 aliphatic rings. The Labute approximate surface area is 78.4 Å². The van der Waals surface area contributed by atoms with Crippen molar-refractivity contribution in [3.05, 3.63) is 36.2 Å². The fourth-order valence-corrected chi connectivity index (χ4v) is 2.34. The highest BCUT2D eigenvalue weighted by atomic mass is 32.2. The van der Waals surface area contributed by atoms with Gasteiger partial charge in [-0.1, -0.05) is 12.1 Å². The van der Waals surface area contributed by atoms with Gasteiger partial charge in [0.25, 0.3) is 0 Å². The molecule has 0 N–H and O–H groups in total. The first-order valence-corrected chi connectivity index (χ1v) is 5.54. The van der Waals surface area contributed by atoms with E-state index < -0.39 is 0 Å². The summed E-state index contributed by atoms with van der Waals surface area (Å²) in [6.45, 7) is 4.08. The first kappa shape index (κ1) is 8.18. The highest BCUT2D eigenvalue weighted by Crippen LogP contribution is 2.45. The van der Waals surface area contributed by atoms with Gasteiger partial charge in [-0.3, -0.25) is 0 Å². The third-order valence-corrected chi connectivity index (χ3v) is 3.16. The lowest BCUT2D eigenvalue weighted by atomic mass is 10.0. The smallest absolute Gasteiger partial charge is 0.0107 e. The van der Waals surface area contributed by atoms with Crippen LogP contribution in [0.1, 0.15) is 29.9 Å². The van der Waals surface area contributed by atoms with Gasteiger partial charge < -0.3 is 0 Å². The Kier molecular flexibility index (Phi) is 2.14. The Balaban J connectivity index is 2.45. The second kappa shape index (κ2) is 3.14. The predicted molar refractivity (Wildman–Crippen MR) is 54.7 cm³/mol. The minimum atomic E-state index is 0.821. The van der Waals surface area contributed by atoms with Crippen LogP contribution in [0.25, 0.3) is 0 Å². The molecule has 1 saturated carbocycles. The molecule has 63 valence electrons. The van der Waals surface area contributed by atoms with Crippen LogP contribution >= 0.6 is 11.8 Å². The van der Waals surface area contributed by atoms with Gasteiger partial charge in [-0.05, 0) is 49.1 Å². The number of benzene rings is 1. The molecule has 0 spiro atoms. The largest absolute Gasteiger partial charge is 0.129 e. The molecule has 0 nitrogen and oxygen atoms in total. The molecule has 1 radical (unpaired) electrons. The third-order valence-electron chi connectivity index (χ3n) is 2.36. The molecule has 12 heavy (non-hydrogen) atoms. The molecule has 1 fully saturated rings. The molecule has 1 aromatic carbocycles. The zero-order chi connectivity index (χ0) is 8.55. The minimum Gasteiger partial charge on any atom is -0.129 e. The van der Waals surface area contributed by atoms with Crippen LogP contribution in [0.4, 0.5) is 0 Å². The fraction of sp³-hybridized carbons (Fsp3) is 0.364. The lowest BCUT2D eigenvalue weighted by Crippen LogP contribution is -1.88. The van der Waals surface area contributed by atoms with Crippen LogP contribution in [-0.4, -0.2) is 6.26 Å². The quantitative estimate of drug-likeness (QED) is 0.623. The molecule has 0 unspecified atom stereocenters. The van der Waals surface area contributed by atoms with Crippen molar-refractivity contribution in [3.63, 3.8) is 0 Å². The molecule has 0 amide bonds. The van der Waals surface area contributed by atoms with Gasteiger partial charge >= 0.3 is 0 Å². The molecule has 0 aliphatic heterocycles. The van der Waals surface area contributed by atoms with Crippen LogP contribution in [-0.2, 0) is 0 Å². The van der Waals surface area contributed by atoms with Crippen LogP contribution < -0.4 is 0 Å². The van der Waals surface area contributed by atoms with E-state index >= 15 is 0 Å². The average molecular weight is 177 g/mol. The van der Waals surface area contributed by atoms with Crippen molar-refractivity contribution in [2.24, 2.45) is 0 Å². The number of hydrogen-bond donors (Lipinski definition) is 0. The molecular weight excluding hydrogens is 164 g/mol. The Morgan fingerprint density at radius 3 is 2.75 bits per heavy atom. The van der Waals surface area contributed by atoms with Crippen molar-refractivity contribution in [2.45, 2.75) is 23.7 Å². The molecule has 1 aromatic rings. The number of hydrogen-bond acceptors (Lipinski definition) is 1. The van der Waals surface area contributed by atoms with Crippen LogP contribution in [0.3, 0.4) is 0 Å². The second-order valence-electron chi connectivity index (χ2n) is 3.31. The standard InChI is InChI=1S/C11H13S/c1-8-4-3-5-10(12-2)11(8)9-6-7-9/h3-5,9H,1,6-7H2,2H3. The molecule has 0 bridgehead atoms. The molecule has 0 saturated heterocycles. The lowest BCUT2D eigenvalue weighted by molar-refractivity contribution is 1.06. The van der Waals surface area contributed by atoms with Gasteiger partial charge in [0.1, 0.15) is 0 Å². The zero-order valence-corrected chi connectivity index (χ0v) is 8.16. The van der Waals surface area contributed by atoms with Crippen molar-refractivity contribution < 1.29 is 0 Å². The number of rotatable bonds is 2. The van der Waals surface area contributed by atoms with E-state index in [0.717, 1.165) is 5.92 Å². The van der Waals surface area contributed by atoms with Gasteiger partial charge in [0.05, 0.1) is 0 Å². The molecule has 0 heterocycles. The molecular formula is C11H13S. The summed E-state index contributed by atoms with van der Waals surface area (Å²) in [7, 11) is 0. The Morgan fingerprint density at radius 2 is 2.17 bits per heavy atom. The summed E-state index contributed by atoms with van der Waals surface area (Å²) in [4.78, 5) is 1.42. The highest BCUT2D eigenvalue weighted by Gasteiger charge is 2.26. The third kappa shape index (κ3) is 1.38. The van der Waals surface area contributed by atoms with Gasteiger partial charge in [-0.2, -0.15) is 0 Å². The van der Waals surface area contributed by atoms with Gasteiger partial charge in [-0.15, -0.1) is 11.8 Å². The van der Waals surface area contributed by atoms with E-state index in [2.05, 4.69) is 31.4 Å². The van der Waals surface area contributed by atoms with Crippen LogP contribution in [0.15, 0.2) is 23.1 Å². The van der Waals surface area contributed by atoms with Gasteiger partial charge in [0.2, 0.25) is 0 Å². The minimum absolute atomic E-state index is 0.821. The summed E-state index contributed by atoms with van der Waals surface area (Å²) >= 11 is 1.84. The van der Waals surface area contributed by atoms with Gasteiger partial charge in [-0.25, -0.2) is 0 Å². The first-order valence-electron chi connectivity index (χ1n) is 4.32. The number of thioether (sulfide) groups is 1. The Morgan fingerprint density at radius 1 is 1.42 bits per heavy atom. The average Bonchev–Trinajstić information content (AvgIpc) is 2.87. The molecule has 2 rings (SSSR count). The summed E-state index contributed by atoms with van der Waals surface area (Å²) in [6.07, 6.45) is 4.86. The van der Waals surface area contributed by atoms with E-state index in [9.17, 15) is 0 Å². The van der Waals surface area contributed by atoms with E-state index in [0.29, 0.717) is 0 Å². The van der Waals surface area contributed by atoms with E-state index in [1.807, 2.05) is 11.8 Å². The summed E-state index contributed by atoms with van der Waals surface area (Å²) in [5.74, 6) is 0.821. The summed E-state index contributed by atoms with van der Waals surface area (Å²) in [5.41, 5.74) is 2.73. The van der Waals surface area contributed by atoms with E-state index in [1.165, 1.54) is 28.9 Å². The van der Waals surface area contributed by atoms with Gasteiger partial charge in [0.15, 0.2) is 0 Å².